The van der Waals surface area contributed by atoms with Gasteiger partial charge in [-0.3, -0.25) is 0 Å². The summed E-state index contributed by atoms with van der Waals surface area (Å²) in [6, 6.07) is 0. The maximum Gasteiger partial charge on any atom is -0.00488 e. The van der Waals surface area contributed by atoms with Crippen LogP contribution in [-0.2, 0) is 0 Å². The van der Waals surface area contributed by atoms with Gasteiger partial charge in [-0.25, -0.2) is 0 Å². The van der Waals surface area contributed by atoms with Gasteiger partial charge in [-0.15, -0.1) is 0 Å². The molecule has 0 fully saturated rings. The minimum atomic E-state index is 0.435. The average molecular weight is 172 g/mol. The van der Waals surface area contributed by atoms with Gasteiger partial charge in [0.25, 0.3) is 0 Å². The zero-order chi connectivity index (χ0) is 9.45. The lowest BCUT2D eigenvalue weighted by atomic mass is 9.84. The molecule has 0 spiro atoms. The molecule has 0 aromatic heterocycles. The van der Waals surface area contributed by atoms with Gasteiger partial charge in [0.2, 0.25) is 0 Å². The van der Waals surface area contributed by atoms with Gasteiger partial charge in [-0.1, -0.05) is 20.8 Å². The largest absolute Gasteiger partial charge is 0.330 e. The SMILES string of the molecule is CCNCCCC(C)(C)CCN. The van der Waals surface area contributed by atoms with Crippen molar-refractivity contribution in [3.05, 3.63) is 0 Å². The molecule has 2 heteroatoms. The van der Waals surface area contributed by atoms with Crippen LogP contribution in [0.25, 0.3) is 0 Å². The fourth-order valence-corrected chi connectivity index (χ4v) is 1.38. The zero-order valence-corrected chi connectivity index (χ0v) is 8.82. The molecule has 0 rings (SSSR count). The van der Waals surface area contributed by atoms with E-state index in [1.807, 2.05) is 0 Å². The van der Waals surface area contributed by atoms with E-state index in [1.165, 1.54) is 12.8 Å². The molecule has 0 aromatic carbocycles. The van der Waals surface area contributed by atoms with Gasteiger partial charge in [0.1, 0.15) is 0 Å². The minimum Gasteiger partial charge on any atom is -0.330 e. The normalized spacial score (nSPS) is 12.0. The Morgan fingerprint density at radius 2 is 1.92 bits per heavy atom. The Morgan fingerprint density at radius 1 is 1.25 bits per heavy atom. The lowest BCUT2D eigenvalue weighted by Crippen LogP contribution is -2.20. The van der Waals surface area contributed by atoms with Crippen LogP contribution in [-0.4, -0.2) is 19.6 Å². The molecule has 0 radical (unpaired) electrons. The van der Waals surface area contributed by atoms with E-state index in [0.29, 0.717) is 5.41 Å². The molecule has 0 saturated carbocycles. The standard InChI is InChI=1S/C10H24N2/c1-4-12-9-5-6-10(2,3)7-8-11/h12H,4-9,11H2,1-3H3. The van der Waals surface area contributed by atoms with E-state index in [1.54, 1.807) is 0 Å². The first kappa shape index (κ1) is 11.9. The number of nitrogens with one attached hydrogen (secondary N) is 1. The molecule has 0 aromatic rings. The predicted octanol–water partition coefficient (Wildman–Crippen LogP) is 1.75. The van der Waals surface area contributed by atoms with E-state index in [-0.39, 0.29) is 0 Å². The molecule has 2 nitrogen and oxygen atoms in total. The number of rotatable bonds is 7. The summed E-state index contributed by atoms with van der Waals surface area (Å²) >= 11 is 0. The van der Waals surface area contributed by atoms with E-state index in [2.05, 4.69) is 26.1 Å². The Morgan fingerprint density at radius 3 is 2.42 bits per heavy atom. The molecule has 3 N–H and O–H groups in total. The van der Waals surface area contributed by atoms with Crippen LogP contribution in [0.3, 0.4) is 0 Å². The molecule has 0 aliphatic carbocycles. The predicted molar refractivity (Wildman–Crippen MR) is 55.2 cm³/mol. The molecular weight excluding hydrogens is 148 g/mol. The minimum absolute atomic E-state index is 0.435. The van der Waals surface area contributed by atoms with Gasteiger partial charge in [0.15, 0.2) is 0 Å². The number of hydrogen-bond donors (Lipinski definition) is 2. The van der Waals surface area contributed by atoms with Crippen molar-refractivity contribution in [2.75, 3.05) is 19.6 Å². The van der Waals surface area contributed by atoms with Crippen LogP contribution >= 0.6 is 0 Å². The summed E-state index contributed by atoms with van der Waals surface area (Å²) in [7, 11) is 0. The van der Waals surface area contributed by atoms with Crippen LogP contribution in [0.2, 0.25) is 0 Å². The van der Waals surface area contributed by atoms with Crippen molar-refractivity contribution in [2.45, 2.75) is 40.0 Å². The van der Waals surface area contributed by atoms with Gasteiger partial charge in [-0.2, -0.15) is 0 Å². The summed E-state index contributed by atoms with van der Waals surface area (Å²) in [6.45, 7) is 9.78. The molecule has 0 unspecified atom stereocenters. The van der Waals surface area contributed by atoms with Crippen LogP contribution in [0.5, 0.6) is 0 Å². The summed E-state index contributed by atoms with van der Waals surface area (Å²) in [6.07, 6.45) is 3.68. The van der Waals surface area contributed by atoms with Gasteiger partial charge in [0, 0.05) is 0 Å². The molecule has 0 aliphatic rings. The van der Waals surface area contributed by atoms with Crippen molar-refractivity contribution in [3.63, 3.8) is 0 Å². The fraction of sp³-hybridized carbons (Fsp3) is 1.00. The second kappa shape index (κ2) is 6.44. The highest BCUT2D eigenvalue weighted by Gasteiger charge is 2.15. The average Bonchev–Trinajstić information content (AvgIpc) is 1.98. The third-order valence-electron chi connectivity index (χ3n) is 2.28. The Bertz CT molecular complexity index is 100. The summed E-state index contributed by atoms with van der Waals surface area (Å²) < 4.78 is 0. The molecule has 0 aliphatic heterocycles. The first-order valence-corrected chi connectivity index (χ1v) is 5.03. The van der Waals surface area contributed by atoms with Gasteiger partial charge < -0.3 is 11.1 Å². The summed E-state index contributed by atoms with van der Waals surface area (Å²) in [5, 5.41) is 3.33. The van der Waals surface area contributed by atoms with Gasteiger partial charge >= 0.3 is 0 Å². The fourth-order valence-electron chi connectivity index (χ4n) is 1.38. The van der Waals surface area contributed by atoms with Gasteiger partial charge in [0.05, 0.1) is 0 Å². The van der Waals surface area contributed by atoms with Crippen molar-refractivity contribution in [2.24, 2.45) is 11.1 Å². The zero-order valence-electron chi connectivity index (χ0n) is 8.82. The molecule has 74 valence electrons. The Kier molecular flexibility index (Phi) is 6.39. The molecule has 0 saturated heterocycles. The lowest BCUT2D eigenvalue weighted by Gasteiger charge is -2.23. The second-order valence-electron chi connectivity index (χ2n) is 4.16. The summed E-state index contributed by atoms with van der Waals surface area (Å²) in [5.74, 6) is 0. The van der Waals surface area contributed by atoms with Crippen LogP contribution in [0, 0.1) is 5.41 Å². The van der Waals surface area contributed by atoms with E-state index >= 15 is 0 Å². The Labute approximate surface area is 76.9 Å². The molecular formula is C10H24N2. The topological polar surface area (TPSA) is 38.0 Å². The van der Waals surface area contributed by atoms with Gasteiger partial charge in [-0.05, 0) is 44.3 Å². The highest BCUT2D eigenvalue weighted by Crippen LogP contribution is 2.25. The van der Waals surface area contributed by atoms with Crippen molar-refractivity contribution in [1.82, 2.24) is 5.32 Å². The van der Waals surface area contributed by atoms with E-state index in [0.717, 1.165) is 26.1 Å². The Balaban J connectivity index is 3.33. The summed E-state index contributed by atoms with van der Waals surface area (Å²) in [5.41, 5.74) is 5.96. The number of nitrogens with two attached hydrogens (primary N) is 1. The quantitative estimate of drug-likeness (QED) is 0.574. The monoisotopic (exact) mass is 172 g/mol. The highest BCUT2D eigenvalue weighted by molar-refractivity contribution is 4.69. The van der Waals surface area contributed by atoms with Crippen molar-refractivity contribution in [1.29, 1.82) is 0 Å². The maximum absolute atomic E-state index is 5.53. The maximum atomic E-state index is 5.53. The lowest BCUT2D eigenvalue weighted by molar-refractivity contribution is 0.302. The smallest absolute Gasteiger partial charge is 0.00488 e. The molecule has 12 heavy (non-hydrogen) atoms. The first-order valence-electron chi connectivity index (χ1n) is 5.03. The van der Waals surface area contributed by atoms with E-state index in [4.69, 9.17) is 5.73 Å². The van der Waals surface area contributed by atoms with E-state index < -0.39 is 0 Å². The van der Waals surface area contributed by atoms with Crippen LogP contribution in [0.1, 0.15) is 40.0 Å². The van der Waals surface area contributed by atoms with Crippen molar-refractivity contribution < 1.29 is 0 Å². The Hall–Kier alpha value is -0.0800. The van der Waals surface area contributed by atoms with Crippen LogP contribution in [0.15, 0.2) is 0 Å². The third kappa shape index (κ3) is 6.62. The van der Waals surface area contributed by atoms with Crippen LogP contribution < -0.4 is 11.1 Å². The van der Waals surface area contributed by atoms with Crippen molar-refractivity contribution >= 4 is 0 Å². The molecule has 0 amide bonds. The summed E-state index contributed by atoms with van der Waals surface area (Å²) in [4.78, 5) is 0. The third-order valence-corrected chi connectivity index (χ3v) is 2.28. The van der Waals surface area contributed by atoms with Crippen molar-refractivity contribution in [3.8, 4) is 0 Å². The highest BCUT2D eigenvalue weighted by atomic mass is 14.8. The second-order valence-corrected chi connectivity index (χ2v) is 4.16. The van der Waals surface area contributed by atoms with E-state index in [9.17, 15) is 0 Å². The van der Waals surface area contributed by atoms with Crippen LogP contribution in [0.4, 0.5) is 0 Å². The number of hydrogen-bond acceptors (Lipinski definition) is 2. The molecule has 0 atom stereocenters. The molecule has 0 heterocycles. The molecule has 0 bridgehead atoms. The first-order chi connectivity index (χ1) is 5.62.